The van der Waals surface area contributed by atoms with Crippen LogP contribution in [-0.2, 0) is 6.42 Å². The molecule has 1 unspecified atom stereocenters. The molecule has 2 heterocycles. The van der Waals surface area contributed by atoms with Gasteiger partial charge in [-0.05, 0) is 53.4 Å². The zero-order valence-corrected chi connectivity index (χ0v) is 11.3. The van der Waals surface area contributed by atoms with Crippen molar-refractivity contribution in [3.05, 3.63) is 34.5 Å². The molecule has 1 fully saturated rings. The number of halogens is 1. The molecule has 0 radical (unpaired) electrons. The van der Waals surface area contributed by atoms with Gasteiger partial charge in [-0.2, -0.15) is 0 Å². The van der Waals surface area contributed by atoms with Gasteiger partial charge in [0.25, 0.3) is 0 Å². The summed E-state index contributed by atoms with van der Waals surface area (Å²) in [5.41, 5.74) is 2.35. The van der Waals surface area contributed by atoms with E-state index in [0.29, 0.717) is 6.04 Å². The second-order valence-electron chi connectivity index (χ2n) is 4.73. The van der Waals surface area contributed by atoms with Gasteiger partial charge in [0.15, 0.2) is 0 Å². The number of para-hydroxylation sites is 1. The predicted molar refractivity (Wildman–Crippen MR) is 73.3 cm³/mol. The summed E-state index contributed by atoms with van der Waals surface area (Å²) in [6, 6.07) is 6.99. The molecule has 1 aliphatic rings. The van der Waals surface area contributed by atoms with E-state index in [2.05, 4.69) is 39.4 Å². The van der Waals surface area contributed by atoms with Crippen LogP contribution in [0.3, 0.4) is 0 Å². The Morgan fingerprint density at radius 1 is 1.35 bits per heavy atom. The minimum Gasteiger partial charge on any atom is -0.463 e. The van der Waals surface area contributed by atoms with Crippen molar-refractivity contribution in [3.63, 3.8) is 0 Å². The van der Waals surface area contributed by atoms with Gasteiger partial charge in [-0.1, -0.05) is 18.6 Å². The van der Waals surface area contributed by atoms with Gasteiger partial charge in [0.05, 0.1) is 4.47 Å². The summed E-state index contributed by atoms with van der Waals surface area (Å²) in [7, 11) is 0. The molecule has 1 aromatic heterocycles. The van der Waals surface area contributed by atoms with E-state index in [1.807, 2.05) is 0 Å². The smallest absolute Gasteiger partial charge is 0.138 e. The van der Waals surface area contributed by atoms with E-state index in [4.69, 9.17) is 4.42 Å². The Morgan fingerprint density at radius 2 is 2.29 bits per heavy atom. The Labute approximate surface area is 110 Å². The number of fused-ring (bicyclic) bond motifs is 1. The van der Waals surface area contributed by atoms with Crippen LogP contribution in [0.25, 0.3) is 11.0 Å². The normalized spacial score (nSPS) is 20.9. The first-order chi connectivity index (χ1) is 8.34. The van der Waals surface area contributed by atoms with E-state index in [-0.39, 0.29) is 0 Å². The average Bonchev–Trinajstić information content (AvgIpc) is 2.74. The maximum atomic E-state index is 5.65. The molecule has 1 aliphatic heterocycles. The fourth-order valence-corrected chi connectivity index (χ4v) is 3.02. The van der Waals surface area contributed by atoms with Gasteiger partial charge in [-0.25, -0.2) is 0 Å². The summed E-state index contributed by atoms with van der Waals surface area (Å²) >= 11 is 3.52. The van der Waals surface area contributed by atoms with Gasteiger partial charge in [-0.15, -0.1) is 0 Å². The summed E-state index contributed by atoms with van der Waals surface area (Å²) in [6.07, 6.45) is 6.78. The van der Waals surface area contributed by atoms with Crippen LogP contribution in [-0.4, -0.2) is 12.6 Å². The molecule has 2 aromatic rings. The monoisotopic (exact) mass is 293 g/mol. The minimum atomic E-state index is 0.609. The fraction of sp³-hybridized carbons (Fsp3) is 0.429. The van der Waals surface area contributed by atoms with E-state index < -0.39 is 0 Å². The van der Waals surface area contributed by atoms with E-state index in [9.17, 15) is 0 Å². The highest BCUT2D eigenvalue weighted by Gasteiger charge is 2.16. The van der Waals surface area contributed by atoms with Crippen molar-refractivity contribution in [1.29, 1.82) is 0 Å². The van der Waals surface area contributed by atoms with Crippen LogP contribution >= 0.6 is 15.9 Å². The van der Waals surface area contributed by atoms with Crippen LogP contribution in [0.1, 0.15) is 24.8 Å². The number of rotatable bonds is 2. The summed E-state index contributed by atoms with van der Waals surface area (Å²) in [4.78, 5) is 0. The Bertz CT molecular complexity index is 514. The molecule has 0 bridgehead atoms. The molecular formula is C14H16BrNO. The van der Waals surface area contributed by atoms with Gasteiger partial charge >= 0.3 is 0 Å². The van der Waals surface area contributed by atoms with Crippen molar-refractivity contribution in [2.75, 3.05) is 6.54 Å². The summed E-state index contributed by atoms with van der Waals surface area (Å²) < 4.78 is 6.69. The SMILES string of the molecule is Brc1coc2c(CC3CCCCN3)cccc12. The first-order valence-electron chi connectivity index (χ1n) is 6.22. The molecular weight excluding hydrogens is 278 g/mol. The standard InChI is InChI=1S/C14H16BrNO/c15-13-9-17-14-10(4-3-6-12(13)14)8-11-5-1-2-7-16-11/h3-4,6,9,11,16H,1-2,5,7-8H2. The molecule has 3 rings (SSSR count). The first-order valence-corrected chi connectivity index (χ1v) is 7.02. The number of nitrogens with one attached hydrogen (secondary N) is 1. The third-order valence-corrected chi connectivity index (χ3v) is 4.13. The second kappa shape index (κ2) is 4.83. The lowest BCUT2D eigenvalue weighted by Gasteiger charge is -2.23. The lowest BCUT2D eigenvalue weighted by molar-refractivity contribution is 0.399. The minimum absolute atomic E-state index is 0.609. The molecule has 0 aliphatic carbocycles. The second-order valence-corrected chi connectivity index (χ2v) is 5.58. The van der Waals surface area contributed by atoms with Crippen LogP contribution < -0.4 is 5.32 Å². The number of hydrogen-bond donors (Lipinski definition) is 1. The Balaban J connectivity index is 1.89. The molecule has 1 aromatic carbocycles. The molecule has 0 spiro atoms. The maximum absolute atomic E-state index is 5.65. The topological polar surface area (TPSA) is 25.2 Å². The highest BCUT2D eigenvalue weighted by Crippen LogP contribution is 2.29. The molecule has 3 heteroatoms. The van der Waals surface area contributed by atoms with Gasteiger partial charge < -0.3 is 9.73 Å². The maximum Gasteiger partial charge on any atom is 0.138 e. The van der Waals surface area contributed by atoms with Crippen LogP contribution in [0.5, 0.6) is 0 Å². The van der Waals surface area contributed by atoms with Crippen LogP contribution in [0.15, 0.2) is 33.4 Å². The van der Waals surface area contributed by atoms with Gasteiger partial charge in [-0.3, -0.25) is 0 Å². The van der Waals surface area contributed by atoms with Crippen molar-refractivity contribution in [2.24, 2.45) is 0 Å². The van der Waals surface area contributed by atoms with Gasteiger partial charge in [0, 0.05) is 11.4 Å². The van der Waals surface area contributed by atoms with Crippen molar-refractivity contribution >= 4 is 26.9 Å². The zero-order chi connectivity index (χ0) is 11.7. The highest BCUT2D eigenvalue weighted by molar-refractivity contribution is 9.10. The Hall–Kier alpha value is -0.800. The Kier molecular flexibility index (Phi) is 3.21. The van der Waals surface area contributed by atoms with Crippen molar-refractivity contribution in [3.8, 4) is 0 Å². The van der Waals surface area contributed by atoms with E-state index in [1.54, 1.807) is 6.26 Å². The van der Waals surface area contributed by atoms with Gasteiger partial charge in [0.2, 0.25) is 0 Å². The molecule has 0 amide bonds. The molecule has 1 saturated heterocycles. The summed E-state index contributed by atoms with van der Waals surface area (Å²) in [5.74, 6) is 0. The quantitative estimate of drug-likeness (QED) is 0.909. The summed E-state index contributed by atoms with van der Waals surface area (Å²) in [5, 5.41) is 4.76. The zero-order valence-electron chi connectivity index (χ0n) is 9.71. The molecule has 1 N–H and O–H groups in total. The fourth-order valence-electron chi connectivity index (χ4n) is 2.61. The molecule has 1 atom stereocenters. The number of benzene rings is 1. The highest BCUT2D eigenvalue weighted by atomic mass is 79.9. The number of piperidine rings is 1. The van der Waals surface area contributed by atoms with Crippen molar-refractivity contribution in [1.82, 2.24) is 5.32 Å². The molecule has 0 saturated carbocycles. The van der Waals surface area contributed by atoms with Crippen LogP contribution in [0.4, 0.5) is 0 Å². The molecule has 90 valence electrons. The van der Waals surface area contributed by atoms with E-state index >= 15 is 0 Å². The largest absolute Gasteiger partial charge is 0.463 e. The van der Waals surface area contributed by atoms with E-state index in [0.717, 1.165) is 23.0 Å². The number of hydrogen-bond acceptors (Lipinski definition) is 2. The van der Waals surface area contributed by atoms with Gasteiger partial charge in [0.1, 0.15) is 11.8 Å². The van der Waals surface area contributed by atoms with Crippen molar-refractivity contribution in [2.45, 2.75) is 31.7 Å². The third kappa shape index (κ3) is 2.26. The predicted octanol–water partition coefficient (Wildman–Crippen LogP) is 3.88. The average molecular weight is 294 g/mol. The van der Waals surface area contributed by atoms with Crippen molar-refractivity contribution < 1.29 is 4.42 Å². The summed E-state index contributed by atoms with van der Waals surface area (Å²) in [6.45, 7) is 1.16. The van der Waals surface area contributed by atoms with Crippen LogP contribution in [0.2, 0.25) is 0 Å². The molecule has 2 nitrogen and oxygen atoms in total. The molecule has 17 heavy (non-hydrogen) atoms. The van der Waals surface area contributed by atoms with E-state index in [1.165, 1.54) is 30.2 Å². The lowest BCUT2D eigenvalue weighted by atomic mass is 9.97. The Morgan fingerprint density at radius 3 is 3.12 bits per heavy atom. The van der Waals surface area contributed by atoms with Crippen LogP contribution in [0, 0.1) is 0 Å². The lowest BCUT2D eigenvalue weighted by Crippen LogP contribution is -2.35. The first kappa shape index (κ1) is 11.3. The third-order valence-electron chi connectivity index (χ3n) is 3.51. The number of furan rings is 1.